The van der Waals surface area contributed by atoms with E-state index >= 15 is 0 Å². The Morgan fingerprint density at radius 2 is 1.73 bits per heavy atom. The van der Waals surface area contributed by atoms with E-state index in [4.69, 9.17) is 12.2 Å². The fraction of sp³-hybridized carbons (Fsp3) is 0.105. The first-order valence-corrected chi connectivity index (χ1v) is 8.58. The third kappa shape index (κ3) is 2.97. The van der Waals surface area contributed by atoms with Crippen LogP contribution in [0.2, 0.25) is 0 Å². The summed E-state index contributed by atoms with van der Waals surface area (Å²) < 4.78 is 15.6. The van der Waals surface area contributed by atoms with Gasteiger partial charge < -0.3 is 0 Å². The molecule has 0 aliphatic heterocycles. The van der Waals surface area contributed by atoms with Crippen molar-refractivity contribution in [2.24, 2.45) is 0 Å². The van der Waals surface area contributed by atoms with Crippen LogP contribution in [0, 0.1) is 10.6 Å². The Hall–Kier alpha value is -3.06. The quantitative estimate of drug-likeness (QED) is 0.513. The highest BCUT2D eigenvalue weighted by atomic mass is 32.1. The van der Waals surface area contributed by atoms with Gasteiger partial charge in [-0.15, -0.1) is 0 Å². The number of rotatable bonds is 4. The first-order chi connectivity index (χ1) is 12.6. The van der Waals surface area contributed by atoms with E-state index in [1.807, 2.05) is 47.9 Å². The lowest BCUT2D eigenvalue weighted by Crippen LogP contribution is -2.09. The molecule has 0 amide bonds. The first kappa shape index (κ1) is 16.4. The molecule has 2 aromatic carbocycles. The molecule has 130 valence electrons. The Balaban J connectivity index is 1.74. The Morgan fingerprint density at radius 3 is 2.46 bits per heavy atom. The van der Waals surface area contributed by atoms with Crippen LogP contribution in [0.15, 0.2) is 60.7 Å². The van der Waals surface area contributed by atoms with Crippen molar-refractivity contribution < 1.29 is 4.39 Å². The smallest absolute Gasteiger partial charge is 0.196 e. The summed E-state index contributed by atoms with van der Waals surface area (Å²) in [4.78, 5) is 0. The minimum atomic E-state index is -0.266. The molecule has 0 saturated carbocycles. The maximum atomic E-state index is 13.2. The molecule has 26 heavy (non-hydrogen) atoms. The molecule has 5 nitrogen and oxygen atoms in total. The summed E-state index contributed by atoms with van der Waals surface area (Å²) in [6.07, 6.45) is 0. The molecule has 2 aromatic heterocycles. The maximum absolute atomic E-state index is 13.2. The van der Waals surface area contributed by atoms with Gasteiger partial charge in [0.15, 0.2) is 10.6 Å². The standard InChI is InChI=1S/C19H16FN5S/c1-12(13-7-9-15(20)10-8-13)25-18(23-24-19(25)26)17-11-16(21-22-17)14-5-3-2-4-6-14/h2-12H,1H3,(H,21,22)(H,24,26)/t12-/m1/s1. The van der Waals surface area contributed by atoms with E-state index in [0.717, 1.165) is 22.5 Å². The third-order valence-corrected chi connectivity index (χ3v) is 4.62. The molecule has 1 atom stereocenters. The highest BCUT2D eigenvalue weighted by Gasteiger charge is 2.18. The van der Waals surface area contributed by atoms with Crippen LogP contribution >= 0.6 is 12.2 Å². The minimum Gasteiger partial charge on any atom is -0.292 e. The molecule has 0 aliphatic carbocycles. The summed E-state index contributed by atoms with van der Waals surface area (Å²) in [6, 6.07) is 18.1. The summed E-state index contributed by atoms with van der Waals surface area (Å²) in [5, 5.41) is 14.6. The van der Waals surface area contributed by atoms with Crippen LogP contribution in [0.5, 0.6) is 0 Å². The zero-order valence-electron chi connectivity index (χ0n) is 14.0. The Morgan fingerprint density at radius 1 is 1.00 bits per heavy atom. The predicted octanol–water partition coefficient (Wildman–Crippen LogP) is 4.75. The van der Waals surface area contributed by atoms with Crippen molar-refractivity contribution in [1.82, 2.24) is 25.0 Å². The second-order valence-electron chi connectivity index (χ2n) is 5.98. The third-order valence-electron chi connectivity index (χ3n) is 4.33. The zero-order chi connectivity index (χ0) is 18.1. The fourth-order valence-electron chi connectivity index (χ4n) is 2.94. The minimum absolute atomic E-state index is 0.111. The van der Waals surface area contributed by atoms with E-state index in [2.05, 4.69) is 20.4 Å². The van der Waals surface area contributed by atoms with Crippen molar-refractivity contribution in [3.8, 4) is 22.8 Å². The number of hydrogen-bond donors (Lipinski definition) is 2. The second kappa shape index (κ2) is 6.68. The molecule has 0 bridgehead atoms. The van der Waals surface area contributed by atoms with Gasteiger partial charge in [-0.05, 0) is 42.9 Å². The van der Waals surface area contributed by atoms with Crippen LogP contribution in [0.4, 0.5) is 4.39 Å². The molecule has 0 radical (unpaired) electrons. The number of hydrogen-bond acceptors (Lipinski definition) is 3. The number of nitrogens with one attached hydrogen (secondary N) is 2. The Kier molecular flexibility index (Phi) is 4.22. The van der Waals surface area contributed by atoms with Crippen LogP contribution in [0.25, 0.3) is 22.8 Å². The summed E-state index contributed by atoms with van der Waals surface area (Å²) in [6.45, 7) is 2.00. The molecule has 0 saturated heterocycles. The highest BCUT2D eigenvalue weighted by Crippen LogP contribution is 2.27. The van der Waals surface area contributed by atoms with Crippen LogP contribution in [0.3, 0.4) is 0 Å². The number of nitrogens with zero attached hydrogens (tertiary/aromatic N) is 3. The van der Waals surface area contributed by atoms with E-state index in [1.54, 1.807) is 12.1 Å². The number of aromatic nitrogens is 5. The lowest BCUT2D eigenvalue weighted by molar-refractivity contribution is 0.613. The van der Waals surface area contributed by atoms with Gasteiger partial charge in [-0.2, -0.15) is 10.2 Å². The molecular weight excluding hydrogens is 349 g/mol. The van der Waals surface area contributed by atoms with Crippen molar-refractivity contribution in [1.29, 1.82) is 0 Å². The van der Waals surface area contributed by atoms with Gasteiger partial charge in [-0.25, -0.2) is 4.39 Å². The topological polar surface area (TPSA) is 62.3 Å². The van der Waals surface area contributed by atoms with E-state index in [1.165, 1.54) is 12.1 Å². The molecule has 7 heteroatoms. The average molecular weight is 365 g/mol. The zero-order valence-corrected chi connectivity index (χ0v) is 14.8. The Labute approximate surface area is 154 Å². The summed E-state index contributed by atoms with van der Waals surface area (Å²) in [7, 11) is 0. The van der Waals surface area contributed by atoms with Crippen molar-refractivity contribution in [3.63, 3.8) is 0 Å². The molecule has 0 spiro atoms. The lowest BCUT2D eigenvalue weighted by Gasteiger charge is -2.15. The summed E-state index contributed by atoms with van der Waals surface area (Å²) in [5.74, 6) is 0.388. The van der Waals surface area contributed by atoms with Gasteiger partial charge in [0.05, 0.1) is 11.7 Å². The molecule has 4 rings (SSSR count). The Bertz CT molecular complexity index is 1080. The molecule has 2 N–H and O–H groups in total. The van der Waals surface area contributed by atoms with Crippen LogP contribution in [0.1, 0.15) is 18.5 Å². The van der Waals surface area contributed by atoms with Crippen molar-refractivity contribution in [2.75, 3.05) is 0 Å². The maximum Gasteiger partial charge on any atom is 0.196 e. The highest BCUT2D eigenvalue weighted by molar-refractivity contribution is 7.71. The van der Waals surface area contributed by atoms with Crippen molar-refractivity contribution >= 4 is 12.2 Å². The van der Waals surface area contributed by atoms with Gasteiger partial charge in [0.1, 0.15) is 11.5 Å². The van der Waals surface area contributed by atoms with Crippen LogP contribution in [-0.4, -0.2) is 25.0 Å². The second-order valence-corrected chi connectivity index (χ2v) is 6.37. The first-order valence-electron chi connectivity index (χ1n) is 8.17. The summed E-state index contributed by atoms with van der Waals surface area (Å²) in [5.41, 5.74) is 3.54. The van der Waals surface area contributed by atoms with E-state index in [0.29, 0.717) is 10.6 Å². The van der Waals surface area contributed by atoms with E-state index in [-0.39, 0.29) is 11.9 Å². The largest absolute Gasteiger partial charge is 0.292 e. The number of aromatic amines is 2. The SMILES string of the molecule is C[C@H](c1ccc(F)cc1)n1c(-c2cc(-c3ccccc3)n[nH]2)n[nH]c1=S. The van der Waals surface area contributed by atoms with E-state index < -0.39 is 0 Å². The molecule has 0 aliphatic rings. The fourth-order valence-corrected chi connectivity index (χ4v) is 3.23. The lowest BCUT2D eigenvalue weighted by atomic mass is 10.1. The van der Waals surface area contributed by atoms with Crippen LogP contribution < -0.4 is 0 Å². The molecule has 4 aromatic rings. The van der Waals surface area contributed by atoms with Gasteiger partial charge in [0.25, 0.3) is 0 Å². The average Bonchev–Trinajstić information content (AvgIpc) is 3.29. The van der Waals surface area contributed by atoms with Crippen molar-refractivity contribution in [2.45, 2.75) is 13.0 Å². The van der Waals surface area contributed by atoms with E-state index in [9.17, 15) is 4.39 Å². The van der Waals surface area contributed by atoms with Gasteiger partial charge in [-0.1, -0.05) is 42.5 Å². The normalized spacial score (nSPS) is 12.2. The summed E-state index contributed by atoms with van der Waals surface area (Å²) >= 11 is 5.41. The monoisotopic (exact) mass is 365 g/mol. The van der Waals surface area contributed by atoms with Crippen LogP contribution in [-0.2, 0) is 0 Å². The van der Waals surface area contributed by atoms with Gasteiger partial charge in [-0.3, -0.25) is 14.8 Å². The van der Waals surface area contributed by atoms with Gasteiger partial charge in [0, 0.05) is 5.56 Å². The van der Waals surface area contributed by atoms with Gasteiger partial charge >= 0.3 is 0 Å². The number of benzene rings is 2. The number of H-pyrrole nitrogens is 2. The predicted molar refractivity (Wildman–Crippen MR) is 101 cm³/mol. The molecule has 0 fully saturated rings. The molecule has 0 unspecified atom stereocenters. The molecule has 2 heterocycles. The molecular formula is C19H16FN5S. The number of halogens is 1. The van der Waals surface area contributed by atoms with Gasteiger partial charge in [0.2, 0.25) is 0 Å². The van der Waals surface area contributed by atoms with Crippen molar-refractivity contribution in [3.05, 3.63) is 76.8 Å².